The van der Waals surface area contributed by atoms with Gasteiger partial charge in [0, 0.05) is 38.3 Å². The Balaban J connectivity index is 1.64. The molecule has 1 aliphatic heterocycles. The summed E-state index contributed by atoms with van der Waals surface area (Å²) >= 11 is 0. The summed E-state index contributed by atoms with van der Waals surface area (Å²) in [7, 11) is 0. The van der Waals surface area contributed by atoms with Crippen molar-refractivity contribution in [3.05, 3.63) is 66.9 Å². The minimum Gasteiger partial charge on any atom is -0.347 e. The number of rotatable bonds is 4. The molecular formula is C16H16N6O5. The molecule has 0 saturated carbocycles. The van der Waals surface area contributed by atoms with Crippen LogP contribution in [-0.4, -0.2) is 57.1 Å². The smallest absolute Gasteiger partial charge is 0.342 e. The molecule has 1 amide bonds. The zero-order chi connectivity index (χ0) is 19.4. The van der Waals surface area contributed by atoms with Crippen molar-refractivity contribution in [1.29, 1.82) is 0 Å². The van der Waals surface area contributed by atoms with Gasteiger partial charge in [-0.2, -0.15) is 0 Å². The number of nitrogens with one attached hydrogen (secondary N) is 2. The lowest BCUT2D eigenvalue weighted by Gasteiger charge is -2.34. The van der Waals surface area contributed by atoms with Crippen molar-refractivity contribution in [2.24, 2.45) is 0 Å². The molecule has 3 rings (SSSR count). The molecule has 0 spiro atoms. The van der Waals surface area contributed by atoms with Crippen LogP contribution in [0.25, 0.3) is 6.08 Å². The van der Waals surface area contributed by atoms with Crippen LogP contribution in [0.3, 0.4) is 0 Å². The predicted octanol–water partition coefficient (Wildman–Crippen LogP) is -0.272. The lowest BCUT2D eigenvalue weighted by atomic mass is 10.1. The molecule has 1 aromatic heterocycles. The van der Waals surface area contributed by atoms with E-state index in [2.05, 4.69) is 15.2 Å². The first-order valence-electron chi connectivity index (χ1n) is 8.10. The second-order valence-electron chi connectivity index (χ2n) is 5.79. The summed E-state index contributed by atoms with van der Waals surface area (Å²) < 4.78 is 0. The summed E-state index contributed by atoms with van der Waals surface area (Å²) in [6.07, 6.45) is 2.71. The third-order valence-electron chi connectivity index (χ3n) is 4.12. The highest BCUT2D eigenvalue weighted by molar-refractivity contribution is 5.92. The Morgan fingerprint density at radius 2 is 1.89 bits per heavy atom. The number of amides is 1. The van der Waals surface area contributed by atoms with Crippen LogP contribution >= 0.6 is 0 Å². The summed E-state index contributed by atoms with van der Waals surface area (Å²) in [6, 6.07) is 6.15. The van der Waals surface area contributed by atoms with E-state index in [1.165, 1.54) is 18.2 Å². The van der Waals surface area contributed by atoms with E-state index in [4.69, 9.17) is 0 Å². The van der Waals surface area contributed by atoms with E-state index in [0.717, 1.165) is 0 Å². The van der Waals surface area contributed by atoms with Gasteiger partial charge in [0.15, 0.2) is 0 Å². The Morgan fingerprint density at radius 1 is 1.19 bits per heavy atom. The Labute approximate surface area is 152 Å². The molecule has 1 aliphatic rings. The zero-order valence-electron chi connectivity index (χ0n) is 14.1. The van der Waals surface area contributed by atoms with Crippen molar-refractivity contribution >= 4 is 23.5 Å². The minimum atomic E-state index is -0.683. The average Bonchev–Trinajstić information content (AvgIpc) is 2.66. The van der Waals surface area contributed by atoms with Crippen molar-refractivity contribution in [2.45, 2.75) is 0 Å². The summed E-state index contributed by atoms with van der Waals surface area (Å²) in [5.74, 6) is -0.187. The number of hydrogen-bond acceptors (Lipinski definition) is 7. The van der Waals surface area contributed by atoms with Crippen LogP contribution in [0.1, 0.15) is 5.56 Å². The number of piperazine rings is 1. The second kappa shape index (κ2) is 7.64. The molecular weight excluding hydrogens is 356 g/mol. The molecule has 0 radical (unpaired) electrons. The molecule has 1 aromatic carbocycles. The van der Waals surface area contributed by atoms with Crippen LogP contribution in [0.15, 0.2) is 39.9 Å². The third kappa shape index (κ3) is 4.08. The number of nitro groups is 1. The number of carbonyl (C=O) groups is 1. The van der Waals surface area contributed by atoms with Gasteiger partial charge in [0.1, 0.15) is 0 Å². The second-order valence-corrected chi connectivity index (χ2v) is 5.79. The molecule has 2 heterocycles. The van der Waals surface area contributed by atoms with E-state index in [1.54, 1.807) is 28.0 Å². The number of aromatic amines is 2. The van der Waals surface area contributed by atoms with Gasteiger partial charge in [-0.1, -0.05) is 12.1 Å². The molecule has 11 nitrogen and oxygen atoms in total. The molecule has 140 valence electrons. The molecule has 2 N–H and O–H groups in total. The van der Waals surface area contributed by atoms with E-state index in [9.17, 15) is 24.5 Å². The standard InChI is InChI=1S/C16H16N6O5/c23-13(6-5-11-3-1-2-4-12(11)22(26)27)20-7-9-21(10-8-20)14-15(24)17-16(25)19-18-14/h1-6H,7-10H2,(H2,17,19,24,25). The quantitative estimate of drug-likeness (QED) is 0.427. The molecule has 1 fully saturated rings. The van der Waals surface area contributed by atoms with Gasteiger partial charge < -0.3 is 9.80 Å². The molecule has 0 unspecified atom stereocenters. The molecule has 1 saturated heterocycles. The molecule has 0 bridgehead atoms. The zero-order valence-corrected chi connectivity index (χ0v) is 14.1. The highest BCUT2D eigenvalue weighted by atomic mass is 16.6. The van der Waals surface area contributed by atoms with E-state index in [0.29, 0.717) is 31.7 Å². The molecule has 0 aliphatic carbocycles. The number of hydrogen-bond donors (Lipinski definition) is 2. The summed E-state index contributed by atoms with van der Waals surface area (Å²) in [4.78, 5) is 51.0. The SMILES string of the molecule is O=C(C=Cc1ccccc1[N+](=O)[O-])N1CCN(c2n[nH]c(=O)[nH]c2=O)CC1. The van der Waals surface area contributed by atoms with E-state index < -0.39 is 16.2 Å². The Morgan fingerprint density at radius 3 is 2.56 bits per heavy atom. The minimum absolute atomic E-state index is 0.0743. The van der Waals surface area contributed by atoms with Crippen LogP contribution in [0.4, 0.5) is 11.5 Å². The summed E-state index contributed by atoms with van der Waals surface area (Å²) in [6.45, 7) is 1.43. The van der Waals surface area contributed by atoms with E-state index >= 15 is 0 Å². The first-order valence-corrected chi connectivity index (χ1v) is 8.10. The van der Waals surface area contributed by atoms with E-state index in [-0.39, 0.29) is 17.4 Å². The average molecular weight is 372 g/mol. The fraction of sp³-hybridized carbons (Fsp3) is 0.250. The molecule has 0 atom stereocenters. The molecule has 11 heteroatoms. The van der Waals surface area contributed by atoms with Gasteiger partial charge in [0.25, 0.3) is 11.2 Å². The number of carbonyl (C=O) groups excluding carboxylic acids is 1. The van der Waals surface area contributed by atoms with Gasteiger partial charge in [0.05, 0.1) is 10.5 Å². The number of anilines is 1. The summed E-state index contributed by atoms with van der Waals surface area (Å²) in [5, 5.41) is 16.9. The maximum Gasteiger partial charge on any atom is 0.342 e. The maximum atomic E-state index is 12.3. The van der Waals surface area contributed by atoms with Gasteiger partial charge in [-0.25, -0.2) is 9.89 Å². The van der Waals surface area contributed by atoms with Crippen molar-refractivity contribution in [3.8, 4) is 0 Å². The number of H-pyrrole nitrogens is 2. The van der Waals surface area contributed by atoms with Gasteiger partial charge in [-0.05, 0) is 12.1 Å². The van der Waals surface area contributed by atoms with Gasteiger partial charge in [-0.3, -0.25) is 24.7 Å². The van der Waals surface area contributed by atoms with Crippen LogP contribution in [0.5, 0.6) is 0 Å². The largest absolute Gasteiger partial charge is 0.347 e. The fourth-order valence-corrected chi connectivity index (χ4v) is 2.76. The van der Waals surface area contributed by atoms with Gasteiger partial charge >= 0.3 is 5.69 Å². The number of nitrogens with zero attached hydrogens (tertiary/aromatic N) is 4. The third-order valence-corrected chi connectivity index (χ3v) is 4.12. The van der Waals surface area contributed by atoms with Crippen molar-refractivity contribution in [3.63, 3.8) is 0 Å². The normalized spacial score (nSPS) is 14.5. The maximum absolute atomic E-state index is 12.3. The van der Waals surface area contributed by atoms with Crippen LogP contribution in [-0.2, 0) is 4.79 Å². The van der Waals surface area contributed by atoms with E-state index in [1.807, 2.05) is 0 Å². The lowest BCUT2D eigenvalue weighted by molar-refractivity contribution is -0.385. The predicted molar refractivity (Wildman–Crippen MR) is 96.4 cm³/mol. The van der Waals surface area contributed by atoms with Crippen LogP contribution < -0.4 is 16.1 Å². The van der Waals surface area contributed by atoms with Gasteiger partial charge in [0.2, 0.25) is 11.7 Å². The number of para-hydroxylation sites is 1. The first-order chi connectivity index (χ1) is 13.0. The molecule has 2 aromatic rings. The Kier molecular flexibility index (Phi) is 5.11. The van der Waals surface area contributed by atoms with Crippen LogP contribution in [0, 0.1) is 10.1 Å². The number of benzene rings is 1. The Bertz CT molecular complexity index is 1000. The topological polar surface area (TPSA) is 145 Å². The highest BCUT2D eigenvalue weighted by Crippen LogP contribution is 2.19. The highest BCUT2D eigenvalue weighted by Gasteiger charge is 2.22. The lowest BCUT2D eigenvalue weighted by Crippen LogP contribution is -2.50. The summed E-state index contributed by atoms with van der Waals surface area (Å²) in [5.41, 5.74) is -0.999. The number of nitro benzene ring substituents is 1. The number of aromatic nitrogens is 3. The van der Waals surface area contributed by atoms with Crippen LogP contribution in [0.2, 0.25) is 0 Å². The molecule has 27 heavy (non-hydrogen) atoms. The fourth-order valence-electron chi connectivity index (χ4n) is 2.76. The van der Waals surface area contributed by atoms with Crippen molar-refractivity contribution in [2.75, 3.05) is 31.1 Å². The van der Waals surface area contributed by atoms with Gasteiger partial charge in [-0.15, -0.1) is 5.10 Å². The monoisotopic (exact) mass is 372 g/mol. The Hall–Kier alpha value is -3.76. The van der Waals surface area contributed by atoms with Crippen molar-refractivity contribution in [1.82, 2.24) is 20.1 Å². The van der Waals surface area contributed by atoms with Crippen molar-refractivity contribution < 1.29 is 9.72 Å². The first kappa shape index (κ1) is 18.0.